The van der Waals surface area contributed by atoms with Crippen molar-refractivity contribution in [3.63, 3.8) is 0 Å². The van der Waals surface area contributed by atoms with Crippen molar-refractivity contribution in [2.75, 3.05) is 13.3 Å². The molecule has 10 heavy (non-hydrogen) atoms. The zero-order valence-electron chi connectivity index (χ0n) is 6.27. The maximum absolute atomic E-state index is 12.4. The molecule has 0 radical (unpaired) electrons. The van der Waals surface area contributed by atoms with Crippen LogP contribution in [0.25, 0.3) is 0 Å². The molecule has 1 aliphatic rings. The summed E-state index contributed by atoms with van der Waals surface area (Å²) in [6, 6.07) is 0. The lowest BCUT2D eigenvalue weighted by Gasteiger charge is -2.32. The van der Waals surface area contributed by atoms with Crippen LogP contribution in [-0.2, 0) is 0 Å². The highest BCUT2D eigenvalue weighted by Crippen LogP contribution is 2.35. The third-order valence-corrected chi connectivity index (χ3v) is 2.53. The molecule has 0 aromatic carbocycles. The van der Waals surface area contributed by atoms with Gasteiger partial charge in [-0.05, 0) is 12.8 Å². The molecule has 1 N–H and O–H groups in total. The number of aliphatic hydroxyl groups is 1. The Hall–Kier alpha value is -0.110. The minimum absolute atomic E-state index is 0.0312. The minimum atomic E-state index is -0.349. The second-order valence-electron chi connectivity index (χ2n) is 3.35. The van der Waals surface area contributed by atoms with Gasteiger partial charge < -0.3 is 5.11 Å². The van der Waals surface area contributed by atoms with E-state index >= 15 is 0 Å². The molecule has 0 unspecified atom stereocenters. The third kappa shape index (κ3) is 1.48. The molecule has 0 aromatic heterocycles. The largest absolute Gasteiger partial charge is 0.396 e. The summed E-state index contributed by atoms with van der Waals surface area (Å²) in [5.74, 6) is 0. The predicted molar refractivity (Wildman–Crippen MR) is 38.6 cm³/mol. The van der Waals surface area contributed by atoms with E-state index in [4.69, 9.17) is 5.11 Å². The summed E-state index contributed by atoms with van der Waals surface area (Å²) in [4.78, 5) is 0. The van der Waals surface area contributed by atoms with Crippen LogP contribution in [-0.4, -0.2) is 18.4 Å². The number of rotatable bonds is 2. The van der Waals surface area contributed by atoms with E-state index in [-0.39, 0.29) is 18.7 Å². The van der Waals surface area contributed by atoms with E-state index in [0.717, 1.165) is 25.7 Å². The maximum Gasteiger partial charge on any atom is 0.0972 e. The lowest BCUT2D eigenvalue weighted by Crippen LogP contribution is -2.30. The van der Waals surface area contributed by atoms with Gasteiger partial charge in [0.2, 0.25) is 0 Å². The molecule has 2 heteroatoms. The van der Waals surface area contributed by atoms with Gasteiger partial charge in [0.25, 0.3) is 0 Å². The molecule has 0 spiro atoms. The van der Waals surface area contributed by atoms with Crippen molar-refractivity contribution in [3.05, 3.63) is 0 Å². The number of hydrogen-bond acceptors (Lipinski definition) is 1. The Morgan fingerprint density at radius 1 is 1.20 bits per heavy atom. The summed E-state index contributed by atoms with van der Waals surface area (Å²) in [6.45, 7) is -0.312. The van der Waals surface area contributed by atoms with Crippen molar-refractivity contribution in [2.45, 2.75) is 32.1 Å². The van der Waals surface area contributed by atoms with Gasteiger partial charge in [-0.3, -0.25) is 4.39 Å². The SMILES string of the molecule is OCC1(CF)CCCCC1. The average molecular weight is 146 g/mol. The fourth-order valence-electron chi connectivity index (χ4n) is 1.64. The number of alkyl halides is 1. The Morgan fingerprint density at radius 3 is 2.10 bits per heavy atom. The topological polar surface area (TPSA) is 20.2 Å². The second-order valence-corrected chi connectivity index (χ2v) is 3.35. The zero-order valence-corrected chi connectivity index (χ0v) is 6.27. The molecule has 0 aliphatic heterocycles. The number of halogens is 1. The van der Waals surface area contributed by atoms with Gasteiger partial charge in [-0.25, -0.2) is 0 Å². The fraction of sp³-hybridized carbons (Fsp3) is 1.00. The summed E-state index contributed by atoms with van der Waals surface area (Å²) in [7, 11) is 0. The monoisotopic (exact) mass is 146 g/mol. The van der Waals surface area contributed by atoms with Gasteiger partial charge in [0.15, 0.2) is 0 Å². The highest BCUT2D eigenvalue weighted by atomic mass is 19.1. The molecule has 0 amide bonds. The lowest BCUT2D eigenvalue weighted by molar-refractivity contribution is 0.0562. The number of aliphatic hydroxyl groups excluding tert-OH is 1. The van der Waals surface area contributed by atoms with Crippen molar-refractivity contribution in [1.29, 1.82) is 0 Å². The van der Waals surface area contributed by atoms with Crippen LogP contribution >= 0.6 is 0 Å². The predicted octanol–water partition coefficient (Wildman–Crippen LogP) is 1.90. The Bertz CT molecular complexity index is 91.4. The summed E-state index contributed by atoms with van der Waals surface area (Å²) in [5.41, 5.74) is -0.349. The van der Waals surface area contributed by atoms with Gasteiger partial charge in [-0.15, -0.1) is 0 Å². The van der Waals surface area contributed by atoms with Crippen LogP contribution in [0.3, 0.4) is 0 Å². The van der Waals surface area contributed by atoms with Crippen LogP contribution < -0.4 is 0 Å². The fourth-order valence-corrected chi connectivity index (χ4v) is 1.64. The van der Waals surface area contributed by atoms with Gasteiger partial charge in [0.05, 0.1) is 13.3 Å². The Labute approximate surface area is 61.2 Å². The Balaban J connectivity index is 2.44. The van der Waals surface area contributed by atoms with E-state index in [9.17, 15) is 4.39 Å². The Kier molecular flexibility index (Phi) is 2.66. The first-order valence-corrected chi connectivity index (χ1v) is 4.00. The molecule has 1 rings (SSSR count). The summed E-state index contributed by atoms with van der Waals surface area (Å²) in [5, 5.41) is 8.90. The average Bonchev–Trinajstić information content (AvgIpc) is 2.06. The first kappa shape index (κ1) is 7.99. The molecule has 1 nitrogen and oxygen atoms in total. The molecular weight excluding hydrogens is 131 g/mol. The van der Waals surface area contributed by atoms with E-state index in [1.54, 1.807) is 0 Å². The van der Waals surface area contributed by atoms with Gasteiger partial charge >= 0.3 is 0 Å². The van der Waals surface area contributed by atoms with Gasteiger partial charge in [-0.1, -0.05) is 19.3 Å². The van der Waals surface area contributed by atoms with E-state index < -0.39 is 0 Å². The first-order chi connectivity index (χ1) is 4.83. The van der Waals surface area contributed by atoms with Crippen molar-refractivity contribution in [2.24, 2.45) is 5.41 Å². The smallest absolute Gasteiger partial charge is 0.0972 e. The molecule has 0 heterocycles. The molecule has 0 saturated heterocycles. The molecular formula is C8H15FO. The van der Waals surface area contributed by atoms with Crippen molar-refractivity contribution in [3.8, 4) is 0 Å². The standard InChI is InChI=1S/C8H15FO/c9-6-8(7-10)4-2-1-3-5-8/h10H,1-7H2. The summed E-state index contributed by atoms with van der Waals surface area (Å²) in [6.07, 6.45) is 5.14. The van der Waals surface area contributed by atoms with E-state index in [1.165, 1.54) is 6.42 Å². The minimum Gasteiger partial charge on any atom is -0.396 e. The van der Waals surface area contributed by atoms with Gasteiger partial charge in [-0.2, -0.15) is 0 Å². The lowest BCUT2D eigenvalue weighted by atomic mass is 9.76. The second kappa shape index (κ2) is 3.33. The first-order valence-electron chi connectivity index (χ1n) is 4.00. The molecule has 1 aliphatic carbocycles. The van der Waals surface area contributed by atoms with Gasteiger partial charge in [0.1, 0.15) is 0 Å². The van der Waals surface area contributed by atoms with Crippen molar-refractivity contribution in [1.82, 2.24) is 0 Å². The van der Waals surface area contributed by atoms with Crippen LogP contribution in [0, 0.1) is 5.41 Å². The van der Waals surface area contributed by atoms with Gasteiger partial charge in [0, 0.05) is 5.41 Å². The highest BCUT2D eigenvalue weighted by Gasteiger charge is 2.30. The van der Waals surface area contributed by atoms with Crippen molar-refractivity contribution < 1.29 is 9.50 Å². The number of hydrogen-bond donors (Lipinski definition) is 1. The molecule has 1 fully saturated rings. The summed E-state index contributed by atoms with van der Waals surface area (Å²) < 4.78 is 12.4. The van der Waals surface area contributed by atoms with Crippen LogP contribution in [0.15, 0.2) is 0 Å². The Morgan fingerprint density at radius 2 is 1.80 bits per heavy atom. The normalized spacial score (nSPS) is 24.6. The van der Waals surface area contributed by atoms with E-state index in [0.29, 0.717) is 0 Å². The van der Waals surface area contributed by atoms with E-state index in [1.807, 2.05) is 0 Å². The quantitative estimate of drug-likeness (QED) is 0.630. The third-order valence-electron chi connectivity index (χ3n) is 2.53. The van der Waals surface area contributed by atoms with Crippen molar-refractivity contribution >= 4 is 0 Å². The highest BCUT2D eigenvalue weighted by molar-refractivity contribution is 4.81. The molecule has 0 aromatic rings. The summed E-state index contributed by atoms with van der Waals surface area (Å²) >= 11 is 0. The van der Waals surface area contributed by atoms with Crippen LogP contribution in [0.2, 0.25) is 0 Å². The molecule has 1 saturated carbocycles. The molecule has 60 valence electrons. The van der Waals surface area contributed by atoms with Crippen LogP contribution in [0.4, 0.5) is 4.39 Å². The van der Waals surface area contributed by atoms with Crippen LogP contribution in [0.1, 0.15) is 32.1 Å². The zero-order chi connectivity index (χ0) is 7.45. The van der Waals surface area contributed by atoms with E-state index in [2.05, 4.69) is 0 Å². The maximum atomic E-state index is 12.4. The molecule has 0 atom stereocenters. The molecule has 0 bridgehead atoms. The van der Waals surface area contributed by atoms with Crippen LogP contribution in [0.5, 0.6) is 0 Å².